The van der Waals surface area contributed by atoms with E-state index in [-0.39, 0.29) is 6.54 Å². The van der Waals surface area contributed by atoms with Gasteiger partial charge in [-0.3, -0.25) is 14.7 Å². The van der Waals surface area contributed by atoms with E-state index in [1.807, 2.05) is 18.7 Å². The van der Waals surface area contributed by atoms with Crippen molar-refractivity contribution >= 4 is 11.7 Å². The zero-order chi connectivity index (χ0) is 13.1. The minimum Gasteiger partial charge on any atom is -0.480 e. The Morgan fingerprint density at radius 1 is 1.22 bits per heavy atom. The van der Waals surface area contributed by atoms with Gasteiger partial charge in [0.05, 0.1) is 6.54 Å². The molecule has 5 heteroatoms. The topological polar surface area (TPSA) is 56.7 Å². The van der Waals surface area contributed by atoms with E-state index in [0.29, 0.717) is 0 Å². The van der Waals surface area contributed by atoms with E-state index in [2.05, 4.69) is 22.0 Å². The van der Waals surface area contributed by atoms with Crippen LogP contribution in [0.1, 0.15) is 11.4 Å². The third-order valence-corrected chi connectivity index (χ3v) is 3.16. The predicted octanol–water partition coefficient (Wildman–Crippen LogP) is 0.905. The second kappa shape index (κ2) is 5.35. The van der Waals surface area contributed by atoms with E-state index in [4.69, 9.17) is 5.11 Å². The lowest BCUT2D eigenvalue weighted by Crippen LogP contribution is -2.48. The molecule has 1 aromatic rings. The number of pyridine rings is 1. The maximum absolute atomic E-state index is 10.6. The number of nitrogens with zero attached hydrogens (tertiary/aromatic N) is 3. The molecule has 0 bridgehead atoms. The van der Waals surface area contributed by atoms with E-state index in [1.54, 1.807) is 0 Å². The highest BCUT2D eigenvalue weighted by molar-refractivity contribution is 5.69. The summed E-state index contributed by atoms with van der Waals surface area (Å²) in [6.07, 6.45) is 0. The number of carboxylic acids is 1. The van der Waals surface area contributed by atoms with Crippen LogP contribution in [-0.2, 0) is 4.79 Å². The van der Waals surface area contributed by atoms with E-state index in [1.165, 1.54) is 5.69 Å². The summed E-state index contributed by atoms with van der Waals surface area (Å²) in [5.41, 5.74) is 3.24. The smallest absolute Gasteiger partial charge is 0.317 e. The van der Waals surface area contributed by atoms with Gasteiger partial charge in [0, 0.05) is 43.3 Å². The summed E-state index contributed by atoms with van der Waals surface area (Å²) in [5, 5.41) is 8.76. The molecule has 1 N–H and O–H groups in total. The van der Waals surface area contributed by atoms with Gasteiger partial charge in [-0.05, 0) is 26.0 Å². The Morgan fingerprint density at radius 2 is 1.78 bits per heavy atom. The number of hydrogen-bond acceptors (Lipinski definition) is 4. The third-order valence-electron chi connectivity index (χ3n) is 3.16. The van der Waals surface area contributed by atoms with Crippen LogP contribution in [0.2, 0.25) is 0 Å². The van der Waals surface area contributed by atoms with Gasteiger partial charge in [-0.1, -0.05) is 0 Å². The van der Waals surface area contributed by atoms with Gasteiger partial charge in [-0.2, -0.15) is 0 Å². The van der Waals surface area contributed by atoms with Gasteiger partial charge < -0.3 is 10.0 Å². The fourth-order valence-corrected chi connectivity index (χ4v) is 2.35. The van der Waals surface area contributed by atoms with Crippen molar-refractivity contribution in [1.82, 2.24) is 9.88 Å². The molecule has 0 aliphatic carbocycles. The number of carboxylic acid groups (broad SMARTS) is 1. The summed E-state index contributed by atoms with van der Waals surface area (Å²) in [5.74, 6) is -0.751. The molecule has 1 aliphatic heterocycles. The van der Waals surface area contributed by atoms with Gasteiger partial charge in [-0.15, -0.1) is 0 Å². The Bertz CT molecular complexity index is 420. The Hall–Kier alpha value is -1.62. The van der Waals surface area contributed by atoms with Crippen molar-refractivity contribution in [2.45, 2.75) is 13.8 Å². The molecule has 1 fully saturated rings. The van der Waals surface area contributed by atoms with E-state index in [9.17, 15) is 4.79 Å². The van der Waals surface area contributed by atoms with Crippen molar-refractivity contribution in [1.29, 1.82) is 0 Å². The SMILES string of the molecule is Cc1cc(N2CCN(CC(=O)O)CC2)cc(C)n1. The number of piperazine rings is 1. The molecule has 0 unspecified atom stereocenters. The second-order valence-electron chi connectivity index (χ2n) is 4.77. The van der Waals surface area contributed by atoms with Crippen LogP contribution < -0.4 is 4.90 Å². The summed E-state index contributed by atoms with van der Waals surface area (Å²) in [7, 11) is 0. The minimum atomic E-state index is -0.751. The van der Waals surface area contributed by atoms with Gasteiger partial charge in [0.1, 0.15) is 0 Å². The third kappa shape index (κ3) is 3.20. The Morgan fingerprint density at radius 3 is 2.28 bits per heavy atom. The van der Waals surface area contributed by atoms with Crippen LogP contribution in [0.15, 0.2) is 12.1 Å². The highest BCUT2D eigenvalue weighted by Gasteiger charge is 2.19. The number of carbonyl (C=O) groups is 1. The molecule has 5 nitrogen and oxygen atoms in total. The first-order chi connectivity index (χ1) is 8.54. The summed E-state index contributed by atoms with van der Waals surface area (Å²) in [4.78, 5) is 19.3. The van der Waals surface area contributed by atoms with Gasteiger partial charge >= 0.3 is 5.97 Å². The number of aryl methyl sites for hydroxylation is 2. The van der Waals surface area contributed by atoms with E-state index in [0.717, 1.165) is 37.6 Å². The molecule has 0 radical (unpaired) electrons. The number of aliphatic carboxylic acids is 1. The van der Waals surface area contributed by atoms with Crippen molar-refractivity contribution in [2.75, 3.05) is 37.6 Å². The highest BCUT2D eigenvalue weighted by Crippen LogP contribution is 2.18. The molecule has 2 heterocycles. The van der Waals surface area contributed by atoms with Crippen LogP contribution in [-0.4, -0.2) is 53.7 Å². The average Bonchev–Trinajstić information content (AvgIpc) is 2.27. The molecule has 1 aromatic heterocycles. The predicted molar refractivity (Wildman–Crippen MR) is 70.0 cm³/mol. The highest BCUT2D eigenvalue weighted by atomic mass is 16.4. The molecule has 18 heavy (non-hydrogen) atoms. The minimum absolute atomic E-state index is 0.141. The summed E-state index contributed by atoms with van der Waals surface area (Å²) >= 11 is 0. The number of aromatic nitrogens is 1. The molecule has 1 aliphatic rings. The molecular weight excluding hydrogens is 230 g/mol. The Labute approximate surface area is 107 Å². The van der Waals surface area contributed by atoms with Crippen LogP contribution in [0.25, 0.3) is 0 Å². The first-order valence-corrected chi connectivity index (χ1v) is 6.19. The maximum atomic E-state index is 10.6. The molecule has 0 saturated carbocycles. The zero-order valence-corrected chi connectivity index (χ0v) is 10.9. The van der Waals surface area contributed by atoms with Gasteiger partial charge in [-0.25, -0.2) is 0 Å². The molecule has 0 aromatic carbocycles. The largest absolute Gasteiger partial charge is 0.480 e. The summed E-state index contributed by atoms with van der Waals surface area (Å²) in [6, 6.07) is 4.17. The average molecular weight is 249 g/mol. The van der Waals surface area contributed by atoms with Gasteiger partial charge in [0.15, 0.2) is 0 Å². The quantitative estimate of drug-likeness (QED) is 0.862. The summed E-state index contributed by atoms with van der Waals surface area (Å²) in [6.45, 7) is 7.47. The maximum Gasteiger partial charge on any atom is 0.317 e. The number of anilines is 1. The zero-order valence-electron chi connectivity index (χ0n) is 10.9. The molecule has 1 saturated heterocycles. The summed E-state index contributed by atoms with van der Waals surface area (Å²) < 4.78 is 0. The molecule has 0 amide bonds. The molecule has 0 spiro atoms. The van der Waals surface area contributed by atoms with Gasteiger partial charge in [0.25, 0.3) is 0 Å². The number of hydrogen-bond donors (Lipinski definition) is 1. The van der Waals surface area contributed by atoms with Crippen LogP contribution in [0.4, 0.5) is 5.69 Å². The van der Waals surface area contributed by atoms with Crippen molar-refractivity contribution in [3.63, 3.8) is 0 Å². The van der Waals surface area contributed by atoms with Crippen molar-refractivity contribution in [3.05, 3.63) is 23.5 Å². The van der Waals surface area contributed by atoms with Crippen LogP contribution in [0, 0.1) is 13.8 Å². The number of rotatable bonds is 3. The second-order valence-corrected chi connectivity index (χ2v) is 4.77. The Balaban J connectivity index is 1.98. The van der Waals surface area contributed by atoms with Crippen molar-refractivity contribution in [2.24, 2.45) is 0 Å². The van der Waals surface area contributed by atoms with Crippen molar-refractivity contribution in [3.8, 4) is 0 Å². The van der Waals surface area contributed by atoms with E-state index < -0.39 is 5.97 Å². The lowest BCUT2D eigenvalue weighted by molar-refractivity contribution is -0.138. The Kier molecular flexibility index (Phi) is 3.81. The molecule has 0 atom stereocenters. The van der Waals surface area contributed by atoms with Crippen LogP contribution >= 0.6 is 0 Å². The van der Waals surface area contributed by atoms with Gasteiger partial charge in [0.2, 0.25) is 0 Å². The lowest BCUT2D eigenvalue weighted by Gasteiger charge is -2.35. The fourth-order valence-electron chi connectivity index (χ4n) is 2.35. The van der Waals surface area contributed by atoms with Crippen LogP contribution in [0.5, 0.6) is 0 Å². The first kappa shape index (κ1) is 12.8. The lowest BCUT2D eigenvalue weighted by atomic mass is 10.2. The molecule has 2 rings (SSSR count). The molecular formula is C13H19N3O2. The fraction of sp³-hybridized carbons (Fsp3) is 0.538. The first-order valence-electron chi connectivity index (χ1n) is 6.19. The standard InChI is InChI=1S/C13H19N3O2/c1-10-7-12(8-11(2)14-10)16-5-3-15(4-6-16)9-13(17)18/h7-8H,3-6,9H2,1-2H3,(H,17,18). The van der Waals surface area contributed by atoms with E-state index >= 15 is 0 Å². The van der Waals surface area contributed by atoms with Crippen LogP contribution in [0.3, 0.4) is 0 Å². The normalized spacial score (nSPS) is 16.9. The molecule has 98 valence electrons. The monoisotopic (exact) mass is 249 g/mol. The van der Waals surface area contributed by atoms with Crippen molar-refractivity contribution < 1.29 is 9.90 Å².